The molecule has 180 valence electrons. The highest BCUT2D eigenvalue weighted by Gasteiger charge is 2.61. The molecule has 0 spiro atoms. The molecule has 0 unspecified atom stereocenters. The highest BCUT2D eigenvalue weighted by Crippen LogP contribution is 2.67. The zero-order valence-electron chi connectivity index (χ0n) is 21.6. The monoisotopic (exact) mass is 465 g/mol. The van der Waals surface area contributed by atoms with Crippen LogP contribution < -0.4 is 0 Å². The summed E-state index contributed by atoms with van der Waals surface area (Å²) in [6.45, 7) is 14.5. The predicted molar refractivity (Wildman–Crippen MR) is 139 cm³/mol. The van der Waals surface area contributed by atoms with E-state index in [2.05, 4.69) is 70.3 Å². The van der Waals surface area contributed by atoms with Gasteiger partial charge in [0.25, 0.3) is 0 Å². The summed E-state index contributed by atoms with van der Waals surface area (Å²) in [5.74, 6) is 5.12. The standard InChI is InChI=1S/C30H43NOS/c1-7-20(18(2)3)9-8-19(4)23-10-11-24-22-14-27(32)26-15-28-21(17-31-33-28)16-30(26,6)25(22)12-13-29(23,24)5/h8-9,15,17-20,22-25H,7,10-14,16H2,1-6H3/t19-,20+,22+,23-,24+,25+,29-,30-/m1/s1. The van der Waals surface area contributed by atoms with Crippen LogP contribution in [0, 0.1) is 52.3 Å². The first-order valence-corrected chi connectivity index (χ1v) is 14.3. The maximum atomic E-state index is 13.5. The molecule has 1 heterocycles. The predicted octanol–water partition coefficient (Wildman–Crippen LogP) is 7.99. The van der Waals surface area contributed by atoms with E-state index in [0.29, 0.717) is 46.7 Å². The molecule has 3 saturated carbocycles. The van der Waals surface area contributed by atoms with Crippen molar-refractivity contribution in [1.82, 2.24) is 4.37 Å². The summed E-state index contributed by atoms with van der Waals surface area (Å²) < 4.78 is 4.44. The topological polar surface area (TPSA) is 30.0 Å². The van der Waals surface area contributed by atoms with E-state index >= 15 is 0 Å². The van der Waals surface area contributed by atoms with E-state index in [1.807, 2.05) is 0 Å². The second-order valence-electron chi connectivity index (χ2n) is 12.7. The Bertz CT molecular complexity index is 972. The van der Waals surface area contributed by atoms with Crippen LogP contribution in [-0.2, 0) is 11.2 Å². The minimum atomic E-state index is 0.00625. The normalized spacial score (nSPS) is 39.6. The van der Waals surface area contributed by atoms with Crippen molar-refractivity contribution in [3.63, 3.8) is 0 Å². The number of carbonyl (C=O) groups is 1. The van der Waals surface area contributed by atoms with Crippen LogP contribution in [0.2, 0.25) is 0 Å². The summed E-state index contributed by atoms with van der Waals surface area (Å²) in [7, 11) is 0. The van der Waals surface area contributed by atoms with E-state index < -0.39 is 0 Å². The van der Waals surface area contributed by atoms with Gasteiger partial charge in [0.15, 0.2) is 5.78 Å². The molecule has 5 rings (SSSR count). The largest absolute Gasteiger partial charge is 0.295 e. The molecule has 0 radical (unpaired) electrons. The Hall–Kier alpha value is -1.22. The van der Waals surface area contributed by atoms with Crippen LogP contribution in [0.5, 0.6) is 0 Å². The lowest BCUT2D eigenvalue weighted by Gasteiger charge is -2.57. The summed E-state index contributed by atoms with van der Waals surface area (Å²) in [6.07, 6.45) is 17.6. The lowest BCUT2D eigenvalue weighted by molar-refractivity contribution is -0.128. The summed E-state index contributed by atoms with van der Waals surface area (Å²) in [5.41, 5.74) is 2.87. The smallest absolute Gasteiger partial charge is 0.159 e. The quantitative estimate of drug-likeness (QED) is 0.412. The van der Waals surface area contributed by atoms with Gasteiger partial charge in [-0.3, -0.25) is 4.79 Å². The molecular formula is C30H43NOS. The van der Waals surface area contributed by atoms with Crippen LogP contribution in [0.3, 0.4) is 0 Å². The van der Waals surface area contributed by atoms with E-state index in [4.69, 9.17) is 0 Å². The zero-order valence-corrected chi connectivity index (χ0v) is 22.4. The fourth-order valence-electron chi connectivity index (χ4n) is 8.91. The Labute approximate surface area is 205 Å². The van der Waals surface area contributed by atoms with E-state index in [-0.39, 0.29) is 5.41 Å². The number of hydrogen-bond acceptors (Lipinski definition) is 3. The Balaban J connectivity index is 1.39. The second kappa shape index (κ2) is 8.47. The van der Waals surface area contributed by atoms with Crippen molar-refractivity contribution in [2.45, 2.75) is 86.5 Å². The SMILES string of the molecule is CC[C@@H](C=C[C@@H](C)[C@H]1CC[C@H]2[C@@H]3CC(=O)C4=Cc5sncc5C[C@]4(C)[C@H]3CC[C@]12C)C(C)C. The molecule has 0 saturated heterocycles. The Morgan fingerprint density at radius 2 is 1.94 bits per heavy atom. The molecule has 3 fully saturated rings. The molecule has 0 amide bonds. The number of nitrogens with zero attached hydrogens (tertiary/aromatic N) is 1. The van der Waals surface area contributed by atoms with Gasteiger partial charge in [-0.1, -0.05) is 53.7 Å². The second-order valence-corrected chi connectivity index (χ2v) is 13.5. The number of ketones is 1. The summed E-state index contributed by atoms with van der Waals surface area (Å²) in [4.78, 5) is 14.7. The fraction of sp³-hybridized carbons (Fsp3) is 0.733. The lowest BCUT2D eigenvalue weighted by atomic mass is 9.46. The number of hydrogen-bond donors (Lipinski definition) is 0. The maximum absolute atomic E-state index is 13.5. The molecule has 0 N–H and O–H groups in total. The van der Waals surface area contributed by atoms with Crippen molar-refractivity contribution in [2.75, 3.05) is 0 Å². The van der Waals surface area contributed by atoms with Crippen LogP contribution in [-0.4, -0.2) is 10.2 Å². The number of carbonyl (C=O) groups excluding carboxylic acids is 1. The first kappa shape index (κ1) is 23.5. The minimum Gasteiger partial charge on any atom is -0.295 e. The van der Waals surface area contributed by atoms with Crippen molar-refractivity contribution in [3.05, 3.63) is 34.4 Å². The van der Waals surface area contributed by atoms with Gasteiger partial charge in [-0.05, 0) is 109 Å². The molecule has 2 nitrogen and oxygen atoms in total. The molecule has 8 atom stereocenters. The van der Waals surface area contributed by atoms with Gasteiger partial charge in [-0.2, -0.15) is 0 Å². The molecule has 4 aliphatic rings. The van der Waals surface area contributed by atoms with Crippen molar-refractivity contribution < 1.29 is 4.79 Å². The lowest BCUT2D eigenvalue weighted by Crippen LogP contribution is -2.53. The number of aromatic nitrogens is 1. The number of fused-ring (bicyclic) bond motifs is 6. The molecule has 33 heavy (non-hydrogen) atoms. The van der Waals surface area contributed by atoms with Gasteiger partial charge in [-0.15, -0.1) is 0 Å². The first-order chi connectivity index (χ1) is 15.7. The van der Waals surface area contributed by atoms with E-state index in [9.17, 15) is 4.79 Å². The van der Waals surface area contributed by atoms with Crippen molar-refractivity contribution in [3.8, 4) is 0 Å². The average molecular weight is 466 g/mol. The summed E-state index contributed by atoms with van der Waals surface area (Å²) in [5, 5.41) is 0. The van der Waals surface area contributed by atoms with Crippen LogP contribution in [0.1, 0.15) is 90.5 Å². The third kappa shape index (κ3) is 3.63. The Morgan fingerprint density at radius 1 is 1.15 bits per heavy atom. The number of rotatable bonds is 5. The highest BCUT2D eigenvalue weighted by atomic mass is 32.1. The van der Waals surface area contributed by atoms with Gasteiger partial charge in [0, 0.05) is 23.6 Å². The zero-order chi connectivity index (χ0) is 23.5. The van der Waals surface area contributed by atoms with Crippen molar-refractivity contribution in [2.24, 2.45) is 52.3 Å². The third-order valence-electron chi connectivity index (χ3n) is 10.8. The van der Waals surface area contributed by atoms with Crippen LogP contribution in [0.15, 0.2) is 23.9 Å². The van der Waals surface area contributed by atoms with Crippen LogP contribution in [0.25, 0.3) is 6.08 Å². The third-order valence-corrected chi connectivity index (χ3v) is 11.6. The fourth-order valence-corrected chi connectivity index (χ4v) is 9.62. The van der Waals surface area contributed by atoms with Gasteiger partial charge in [0.1, 0.15) is 0 Å². The van der Waals surface area contributed by atoms with Crippen molar-refractivity contribution >= 4 is 23.4 Å². The van der Waals surface area contributed by atoms with Gasteiger partial charge >= 0.3 is 0 Å². The molecule has 0 aromatic carbocycles. The molecule has 1 aromatic rings. The molecule has 3 heteroatoms. The van der Waals surface area contributed by atoms with Crippen LogP contribution >= 0.6 is 11.5 Å². The first-order valence-electron chi connectivity index (χ1n) is 13.6. The van der Waals surface area contributed by atoms with E-state index in [1.54, 1.807) is 11.5 Å². The molecule has 4 aliphatic carbocycles. The van der Waals surface area contributed by atoms with E-state index in [0.717, 1.165) is 24.3 Å². The van der Waals surface area contributed by atoms with Crippen molar-refractivity contribution in [1.29, 1.82) is 0 Å². The average Bonchev–Trinajstić information content (AvgIpc) is 3.35. The van der Waals surface area contributed by atoms with E-state index in [1.165, 1.54) is 42.5 Å². The molecule has 1 aromatic heterocycles. The minimum absolute atomic E-state index is 0.00625. The van der Waals surface area contributed by atoms with Gasteiger partial charge in [0.05, 0.1) is 4.88 Å². The molecular weight excluding hydrogens is 422 g/mol. The Morgan fingerprint density at radius 3 is 2.67 bits per heavy atom. The highest BCUT2D eigenvalue weighted by molar-refractivity contribution is 7.07. The number of allylic oxidation sites excluding steroid dienone is 3. The maximum Gasteiger partial charge on any atom is 0.159 e. The Kier molecular flexibility index (Phi) is 6.03. The summed E-state index contributed by atoms with van der Waals surface area (Å²) >= 11 is 1.55. The van der Waals surface area contributed by atoms with Gasteiger partial charge in [0.2, 0.25) is 0 Å². The number of Topliss-reactive ketones (excluding diaryl/α,β-unsaturated/α-hetero) is 1. The van der Waals surface area contributed by atoms with Crippen LogP contribution in [0.4, 0.5) is 0 Å². The van der Waals surface area contributed by atoms with Gasteiger partial charge < -0.3 is 0 Å². The molecule has 0 bridgehead atoms. The summed E-state index contributed by atoms with van der Waals surface area (Å²) in [6, 6.07) is 0. The molecule has 0 aliphatic heterocycles. The van der Waals surface area contributed by atoms with Gasteiger partial charge in [-0.25, -0.2) is 4.37 Å².